The third kappa shape index (κ3) is 9.24. The third-order valence-corrected chi connectivity index (χ3v) is 5.23. The first kappa shape index (κ1) is 21.9. The quantitative estimate of drug-likeness (QED) is 0.504. The average Bonchev–Trinajstić information content (AvgIpc) is 2.62. The second-order valence-electron chi connectivity index (χ2n) is 7.02. The van der Waals surface area contributed by atoms with Crippen molar-refractivity contribution in [2.45, 2.75) is 72.1 Å². The first-order valence-corrected chi connectivity index (χ1v) is 10.3. The molecule has 0 radical (unpaired) electrons. The molecule has 0 unspecified atom stereocenters. The maximum Gasteiger partial charge on any atom is 0.307 e. The molecule has 0 aromatic carbocycles. The van der Waals surface area contributed by atoms with Gasteiger partial charge in [-0.15, -0.1) is 0 Å². The molecule has 1 saturated carbocycles. The molecular weight excluding hydrogens is 316 g/mol. The molecule has 0 spiro atoms. The van der Waals surface area contributed by atoms with Gasteiger partial charge in [-0.2, -0.15) is 0 Å². The summed E-state index contributed by atoms with van der Waals surface area (Å²) in [5.41, 5.74) is 0. The molecule has 0 N–H and O–H groups in total. The fraction of sp³-hybridized carbons (Fsp3) is 0.900. The highest BCUT2D eigenvalue weighted by Gasteiger charge is 2.21. The van der Waals surface area contributed by atoms with Gasteiger partial charge in [-0.25, -0.2) is 0 Å². The van der Waals surface area contributed by atoms with E-state index in [4.69, 9.17) is 4.74 Å². The molecular formula is C20H38N2O3. The zero-order chi connectivity index (χ0) is 18.5. The molecule has 1 fully saturated rings. The van der Waals surface area contributed by atoms with Crippen molar-refractivity contribution in [3.8, 4) is 0 Å². The van der Waals surface area contributed by atoms with Crippen LogP contribution in [0.15, 0.2) is 0 Å². The first-order valence-electron chi connectivity index (χ1n) is 10.3. The average molecular weight is 355 g/mol. The molecule has 5 heteroatoms. The van der Waals surface area contributed by atoms with Crippen molar-refractivity contribution in [2.24, 2.45) is 5.92 Å². The number of carbonyl (C=O) groups is 2. The number of nitrogens with zero attached hydrogens (tertiary/aromatic N) is 2. The predicted molar refractivity (Wildman–Crippen MR) is 101 cm³/mol. The second kappa shape index (κ2) is 13.2. The number of rotatable bonds is 12. The summed E-state index contributed by atoms with van der Waals surface area (Å²) in [6, 6.07) is 0. The van der Waals surface area contributed by atoms with Crippen LogP contribution in [0.5, 0.6) is 0 Å². The molecule has 1 amide bonds. The van der Waals surface area contributed by atoms with Crippen molar-refractivity contribution in [3.63, 3.8) is 0 Å². The normalized spacial score (nSPS) is 15.4. The van der Waals surface area contributed by atoms with E-state index in [2.05, 4.69) is 18.7 Å². The van der Waals surface area contributed by atoms with Crippen molar-refractivity contribution < 1.29 is 14.3 Å². The molecule has 0 atom stereocenters. The van der Waals surface area contributed by atoms with Gasteiger partial charge < -0.3 is 14.5 Å². The van der Waals surface area contributed by atoms with E-state index in [0.29, 0.717) is 31.9 Å². The molecule has 1 rings (SSSR count). The van der Waals surface area contributed by atoms with E-state index in [0.717, 1.165) is 32.6 Å². The molecule has 0 heterocycles. The van der Waals surface area contributed by atoms with Crippen LogP contribution in [0.2, 0.25) is 0 Å². The number of carbonyl (C=O) groups excluding carboxylic acids is 2. The summed E-state index contributed by atoms with van der Waals surface area (Å²) in [5, 5.41) is 0. The fourth-order valence-electron chi connectivity index (χ4n) is 3.61. The summed E-state index contributed by atoms with van der Waals surface area (Å²) in [4.78, 5) is 28.7. The van der Waals surface area contributed by atoms with Crippen molar-refractivity contribution in [2.75, 3.05) is 39.3 Å². The van der Waals surface area contributed by atoms with Crippen LogP contribution in [0.3, 0.4) is 0 Å². The lowest BCUT2D eigenvalue weighted by atomic mass is 9.86. The molecule has 25 heavy (non-hydrogen) atoms. The van der Waals surface area contributed by atoms with Crippen LogP contribution < -0.4 is 0 Å². The highest BCUT2D eigenvalue weighted by Crippen LogP contribution is 2.26. The van der Waals surface area contributed by atoms with Crippen LogP contribution in [-0.2, 0) is 14.3 Å². The summed E-state index contributed by atoms with van der Waals surface area (Å²) in [7, 11) is 0. The van der Waals surface area contributed by atoms with Gasteiger partial charge in [-0.3, -0.25) is 9.59 Å². The van der Waals surface area contributed by atoms with E-state index in [1.165, 1.54) is 32.1 Å². The monoisotopic (exact) mass is 354 g/mol. The molecule has 0 saturated heterocycles. The molecule has 0 aromatic rings. The molecule has 1 aliphatic carbocycles. The van der Waals surface area contributed by atoms with Gasteiger partial charge in [0.15, 0.2) is 0 Å². The van der Waals surface area contributed by atoms with E-state index in [1.54, 1.807) is 0 Å². The molecule has 5 nitrogen and oxygen atoms in total. The van der Waals surface area contributed by atoms with Gasteiger partial charge in [0.2, 0.25) is 5.91 Å². The Balaban J connectivity index is 2.49. The minimum absolute atomic E-state index is 0.207. The number of hydrogen-bond acceptors (Lipinski definition) is 4. The number of amides is 1. The minimum atomic E-state index is -0.207. The van der Waals surface area contributed by atoms with Gasteiger partial charge in [-0.05, 0) is 51.7 Å². The number of hydrogen-bond donors (Lipinski definition) is 0. The highest BCUT2D eigenvalue weighted by molar-refractivity contribution is 5.77. The molecule has 0 aliphatic heterocycles. The molecule has 0 aromatic heterocycles. The van der Waals surface area contributed by atoms with Crippen LogP contribution in [0.4, 0.5) is 0 Å². The molecule has 0 bridgehead atoms. The number of esters is 1. The predicted octanol–water partition coefficient (Wildman–Crippen LogP) is 3.47. The van der Waals surface area contributed by atoms with E-state index >= 15 is 0 Å². The lowest BCUT2D eigenvalue weighted by molar-refractivity contribution is -0.144. The lowest BCUT2D eigenvalue weighted by Crippen LogP contribution is -2.37. The van der Waals surface area contributed by atoms with Gasteiger partial charge in [0.25, 0.3) is 0 Å². The van der Waals surface area contributed by atoms with Crippen LogP contribution in [0.1, 0.15) is 72.1 Å². The van der Waals surface area contributed by atoms with Crippen LogP contribution in [0, 0.1) is 5.92 Å². The smallest absolute Gasteiger partial charge is 0.307 e. The Kier molecular flexibility index (Phi) is 11.5. The van der Waals surface area contributed by atoms with Gasteiger partial charge >= 0.3 is 5.97 Å². The Bertz CT molecular complexity index is 377. The minimum Gasteiger partial charge on any atom is -0.466 e. The fourth-order valence-corrected chi connectivity index (χ4v) is 3.61. The van der Waals surface area contributed by atoms with E-state index in [-0.39, 0.29) is 11.9 Å². The van der Waals surface area contributed by atoms with Gasteiger partial charge in [0, 0.05) is 19.5 Å². The number of ether oxygens (including phenoxy) is 1. The molecule has 1 aliphatic rings. The first-order chi connectivity index (χ1) is 12.1. The zero-order valence-electron chi connectivity index (χ0n) is 16.6. The van der Waals surface area contributed by atoms with Crippen LogP contribution >= 0.6 is 0 Å². The lowest BCUT2D eigenvalue weighted by Gasteiger charge is -2.28. The summed E-state index contributed by atoms with van der Waals surface area (Å²) in [6.45, 7) is 10.8. The Labute approximate surface area is 154 Å². The SMILES string of the molecule is CCOC(=O)CCN(CCCN(CC)CC)C(=O)CC1CCCCC1. The van der Waals surface area contributed by atoms with E-state index in [9.17, 15) is 9.59 Å². The standard InChI is InChI=1S/C20H38N2O3/c1-4-21(5-2)14-10-15-22(16-13-20(24)25-6-3)19(23)17-18-11-8-7-9-12-18/h18H,4-17H2,1-3H3. The topological polar surface area (TPSA) is 49.9 Å². The Hall–Kier alpha value is -1.10. The Morgan fingerprint density at radius 3 is 2.24 bits per heavy atom. The summed E-state index contributed by atoms with van der Waals surface area (Å²) < 4.78 is 5.01. The Morgan fingerprint density at radius 1 is 0.960 bits per heavy atom. The van der Waals surface area contributed by atoms with E-state index < -0.39 is 0 Å². The summed E-state index contributed by atoms with van der Waals surface area (Å²) in [6.07, 6.45) is 8.07. The van der Waals surface area contributed by atoms with Gasteiger partial charge in [-0.1, -0.05) is 33.1 Å². The van der Waals surface area contributed by atoms with Crippen molar-refractivity contribution in [1.82, 2.24) is 9.80 Å². The highest BCUT2D eigenvalue weighted by atomic mass is 16.5. The van der Waals surface area contributed by atoms with Gasteiger partial charge in [0.05, 0.1) is 13.0 Å². The maximum absolute atomic E-state index is 12.8. The Morgan fingerprint density at radius 2 is 1.64 bits per heavy atom. The summed E-state index contributed by atoms with van der Waals surface area (Å²) >= 11 is 0. The maximum atomic E-state index is 12.8. The second-order valence-corrected chi connectivity index (χ2v) is 7.02. The van der Waals surface area contributed by atoms with Crippen LogP contribution in [0.25, 0.3) is 0 Å². The van der Waals surface area contributed by atoms with Crippen LogP contribution in [-0.4, -0.2) is 61.0 Å². The van der Waals surface area contributed by atoms with Crippen molar-refractivity contribution in [3.05, 3.63) is 0 Å². The molecule has 146 valence electrons. The summed E-state index contributed by atoms with van der Waals surface area (Å²) in [5.74, 6) is 0.548. The largest absolute Gasteiger partial charge is 0.466 e. The van der Waals surface area contributed by atoms with Crippen molar-refractivity contribution >= 4 is 11.9 Å². The van der Waals surface area contributed by atoms with E-state index in [1.807, 2.05) is 11.8 Å². The van der Waals surface area contributed by atoms with Gasteiger partial charge in [0.1, 0.15) is 0 Å². The zero-order valence-corrected chi connectivity index (χ0v) is 16.6. The van der Waals surface area contributed by atoms with Crippen molar-refractivity contribution in [1.29, 1.82) is 0 Å². The third-order valence-electron chi connectivity index (χ3n) is 5.23.